The molecule has 0 bridgehead atoms. The van der Waals surface area contributed by atoms with Crippen LogP contribution in [0.4, 0.5) is 0 Å². The Balaban J connectivity index is 1.61. The average Bonchev–Trinajstić information content (AvgIpc) is 2.72. The summed E-state index contributed by atoms with van der Waals surface area (Å²) in [5.41, 5.74) is 1.85. The molecule has 0 unspecified atom stereocenters. The molecule has 1 aliphatic heterocycles. The van der Waals surface area contributed by atoms with E-state index in [4.69, 9.17) is 0 Å². The number of sulfonamides is 1. The molecule has 1 heterocycles. The Morgan fingerprint density at radius 1 is 1.14 bits per heavy atom. The Labute approximate surface area is 175 Å². The number of hydrogen-bond donors (Lipinski definition) is 1. The molecule has 0 spiro atoms. The number of benzene rings is 1. The first kappa shape index (κ1) is 22.2. The molecule has 7 heteroatoms. The second kappa shape index (κ2) is 9.14. The van der Waals surface area contributed by atoms with Gasteiger partial charge in [-0.05, 0) is 45.2 Å². The molecule has 2 aliphatic rings. The van der Waals surface area contributed by atoms with Crippen LogP contribution in [-0.2, 0) is 14.8 Å². The van der Waals surface area contributed by atoms with Crippen LogP contribution in [0.25, 0.3) is 0 Å². The molecule has 1 saturated heterocycles. The first-order chi connectivity index (χ1) is 13.7. The Morgan fingerprint density at radius 2 is 1.76 bits per heavy atom. The van der Waals surface area contributed by atoms with Crippen molar-refractivity contribution in [1.29, 1.82) is 0 Å². The number of nitrogens with one attached hydrogen (secondary N) is 1. The Hall–Kier alpha value is -1.44. The summed E-state index contributed by atoms with van der Waals surface area (Å²) < 4.78 is 27.8. The smallest absolute Gasteiger partial charge is 0.280 e. The van der Waals surface area contributed by atoms with Crippen LogP contribution in [0.5, 0.6) is 0 Å². The van der Waals surface area contributed by atoms with Gasteiger partial charge in [-0.2, -0.15) is 4.31 Å². The van der Waals surface area contributed by atoms with Gasteiger partial charge in [0.15, 0.2) is 6.04 Å². The van der Waals surface area contributed by atoms with E-state index in [2.05, 4.69) is 0 Å². The molecule has 0 radical (unpaired) electrons. The number of piperazine rings is 1. The number of aryl methyl sites for hydroxylation is 2. The normalized spacial score (nSPS) is 21.1. The third-order valence-corrected chi connectivity index (χ3v) is 8.82. The number of carbonyl (C=O) groups excluding carboxylic acids is 1. The molecule has 2 fully saturated rings. The van der Waals surface area contributed by atoms with Gasteiger partial charge in [0.1, 0.15) is 0 Å². The topological polar surface area (TPSA) is 62.1 Å². The zero-order chi connectivity index (χ0) is 21.2. The van der Waals surface area contributed by atoms with Crippen molar-refractivity contribution >= 4 is 15.9 Å². The zero-order valence-corrected chi connectivity index (χ0v) is 19.1. The molecule has 1 aromatic carbocycles. The van der Waals surface area contributed by atoms with E-state index in [-0.39, 0.29) is 11.9 Å². The SMILES string of the molecule is Cc1ccc(S(=O)(=O)N2CC[NH+]([C@@H](C)C(=O)N(C)C3CCCCC3)CC2)c(C)c1. The fraction of sp³-hybridized carbons (Fsp3) is 0.682. The van der Waals surface area contributed by atoms with Crippen molar-refractivity contribution in [1.82, 2.24) is 9.21 Å². The standard InChI is InChI=1S/C22H35N3O3S/c1-17-10-11-21(18(2)16-17)29(27,28)25-14-12-24(13-15-25)19(3)22(26)23(4)20-8-6-5-7-9-20/h10-11,16,19-20H,5-9,12-15H2,1-4H3/p+1/t19-/m0/s1. The predicted molar refractivity (Wildman–Crippen MR) is 114 cm³/mol. The van der Waals surface area contributed by atoms with E-state index >= 15 is 0 Å². The minimum absolute atomic E-state index is 0.132. The molecule has 1 aromatic rings. The predicted octanol–water partition coefficient (Wildman–Crippen LogP) is 1.37. The Morgan fingerprint density at radius 3 is 2.34 bits per heavy atom. The van der Waals surface area contributed by atoms with Crippen LogP contribution in [0.3, 0.4) is 0 Å². The summed E-state index contributed by atoms with van der Waals surface area (Å²) in [6.45, 7) is 8.04. The quantitative estimate of drug-likeness (QED) is 0.780. The molecule has 6 nitrogen and oxygen atoms in total. The molecule has 1 aliphatic carbocycles. The molecule has 162 valence electrons. The van der Waals surface area contributed by atoms with Crippen LogP contribution in [0, 0.1) is 13.8 Å². The van der Waals surface area contributed by atoms with Crippen molar-refractivity contribution in [2.24, 2.45) is 0 Å². The molecule has 1 N–H and O–H groups in total. The maximum Gasteiger partial charge on any atom is 0.280 e. The molecule has 29 heavy (non-hydrogen) atoms. The van der Waals surface area contributed by atoms with Gasteiger partial charge in [0, 0.05) is 13.1 Å². The summed E-state index contributed by atoms with van der Waals surface area (Å²) in [5, 5.41) is 0. The van der Waals surface area contributed by atoms with E-state index < -0.39 is 10.0 Å². The van der Waals surface area contributed by atoms with Gasteiger partial charge in [0.05, 0.1) is 31.1 Å². The van der Waals surface area contributed by atoms with Gasteiger partial charge in [-0.3, -0.25) is 4.79 Å². The minimum Gasteiger partial charge on any atom is -0.338 e. The van der Waals surface area contributed by atoms with Crippen molar-refractivity contribution in [3.05, 3.63) is 29.3 Å². The fourth-order valence-electron chi connectivity index (χ4n) is 4.80. The molecule has 3 rings (SSSR count). The number of rotatable bonds is 5. The number of carbonyl (C=O) groups is 1. The van der Waals surface area contributed by atoms with Crippen molar-refractivity contribution in [2.75, 3.05) is 33.2 Å². The van der Waals surface area contributed by atoms with E-state index in [1.54, 1.807) is 10.4 Å². The van der Waals surface area contributed by atoms with E-state index in [9.17, 15) is 13.2 Å². The molecule has 1 amide bonds. The summed E-state index contributed by atoms with van der Waals surface area (Å²) in [6.07, 6.45) is 5.89. The van der Waals surface area contributed by atoms with Gasteiger partial charge in [0.2, 0.25) is 10.0 Å². The van der Waals surface area contributed by atoms with Gasteiger partial charge < -0.3 is 9.80 Å². The minimum atomic E-state index is -3.49. The molecular weight excluding hydrogens is 386 g/mol. The van der Waals surface area contributed by atoms with Gasteiger partial charge in [0.25, 0.3) is 5.91 Å². The molecule has 1 saturated carbocycles. The Bertz CT molecular complexity index is 826. The third-order valence-electron chi connectivity index (χ3n) is 6.77. The van der Waals surface area contributed by atoms with Crippen LogP contribution >= 0.6 is 0 Å². The number of likely N-dealkylation sites (N-methyl/N-ethyl adjacent to an activating group) is 1. The lowest BCUT2D eigenvalue weighted by Crippen LogP contribution is -3.19. The maximum absolute atomic E-state index is 13.1. The second-order valence-electron chi connectivity index (χ2n) is 8.79. The van der Waals surface area contributed by atoms with E-state index in [1.165, 1.54) is 24.2 Å². The summed E-state index contributed by atoms with van der Waals surface area (Å²) in [7, 11) is -1.55. The lowest BCUT2D eigenvalue weighted by molar-refractivity contribution is -0.918. The van der Waals surface area contributed by atoms with Crippen LogP contribution < -0.4 is 4.90 Å². The monoisotopic (exact) mass is 422 g/mol. The van der Waals surface area contributed by atoms with Gasteiger partial charge >= 0.3 is 0 Å². The van der Waals surface area contributed by atoms with E-state index in [0.29, 0.717) is 37.1 Å². The first-order valence-electron chi connectivity index (χ1n) is 10.9. The van der Waals surface area contributed by atoms with Crippen LogP contribution in [0.1, 0.15) is 50.2 Å². The van der Waals surface area contributed by atoms with Crippen LogP contribution in [0.2, 0.25) is 0 Å². The van der Waals surface area contributed by atoms with E-state index in [0.717, 1.165) is 24.0 Å². The van der Waals surface area contributed by atoms with Crippen LogP contribution in [0.15, 0.2) is 23.1 Å². The van der Waals surface area contributed by atoms with Crippen LogP contribution in [-0.4, -0.2) is 68.8 Å². The largest absolute Gasteiger partial charge is 0.338 e. The highest BCUT2D eigenvalue weighted by Crippen LogP contribution is 2.22. The first-order valence-corrected chi connectivity index (χ1v) is 12.3. The maximum atomic E-state index is 13.1. The van der Waals surface area contributed by atoms with E-state index in [1.807, 2.05) is 44.9 Å². The number of amides is 1. The summed E-state index contributed by atoms with van der Waals surface area (Å²) in [5.74, 6) is 0.192. The molecule has 1 atom stereocenters. The second-order valence-corrected chi connectivity index (χ2v) is 10.7. The lowest BCUT2D eigenvalue weighted by Gasteiger charge is -2.37. The molecule has 0 aromatic heterocycles. The van der Waals surface area contributed by atoms with Crippen molar-refractivity contribution in [2.45, 2.75) is 69.9 Å². The highest BCUT2D eigenvalue weighted by molar-refractivity contribution is 7.89. The fourth-order valence-corrected chi connectivity index (χ4v) is 6.45. The highest BCUT2D eigenvalue weighted by atomic mass is 32.2. The summed E-state index contributed by atoms with van der Waals surface area (Å²) in [6, 6.07) is 5.71. The van der Waals surface area contributed by atoms with Crippen molar-refractivity contribution in [3.8, 4) is 0 Å². The van der Waals surface area contributed by atoms with Gasteiger partial charge in [-0.1, -0.05) is 37.0 Å². The average molecular weight is 423 g/mol. The highest BCUT2D eigenvalue weighted by Gasteiger charge is 2.37. The Kier molecular flexibility index (Phi) is 7.02. The number of hydrogen-bond acceptors (Lipinski definition) is 3. The zero-order valence-electron chi connectivity index (χ0n) is 18.3. The molecular formula is C22H36N3O3S+. The van der Waals surface area contributed by atoms with Crippen molar-refractivity contribution in [3.63, 3.8) is 0 Å². The number of nitrogens with zero attached hydrogens (tertiary/aromatic N) is 2. The van der Waals surface area contributed by atoms with Gasteiger partial charge in [-0.25, -0.2) is 8.42 Å². The number of quaternary nitrogens is 1. The van der Waals surface area contributed by atoms with Gasteiger partial charge in [-0.15, -0.1) is 0 Å². The summed E-state index contributed by atoms with van der Waals surface area (Å²) in [4.78, 5) is 16.5. The lowest BCUT2D eigenvalue weighted by atomic mass is 9.94. The third kappa shape index (κ3) is 4.84. The summed E-state index contributed by atoms with van der Waals surface area (Å²) >= 11 is 0. The van der Waals surface area contributed by atoms with Crippen molar-refractivity contribution < 1.29 is 18.1 Å².